The summed E-state index contributed by atoms with van der Waals surface area (Å²) < 4.78 is 5.11. The van der Waals surface area contributed by atoms with Crippen LogP contribution >= 0.6 is 0 Å². The van der Waals surface area contributed by atoms with Crippen molar-refractivity contribution in [3.63, 3.8) is 0 Å². The van der Waals surface area contributed by atoms with Gasteiger partial charge in [-0.1, -0.05) is 30.7 Å². The highest BCUT2D eigenvalue weighted by Gasteiger charge is 2.05. The van der Waals surface area contributed by atoms with Gasteiger partial charge in [-0.3, -0.25) is 4.79 Å². The summed E-state index contributed by atoms with van der Waals surface area (Å²) in [5.74, 6) is 0.470. The monoisotopic (exact) mass is 328 g/mol. The number of carbonyl (C=O) groups is 1. The molecule has 0 saturated carbocycles. The fraction of sp³-hybridized carbons (Fsp3) is 0.421. The molecular formula is C19H24N2O3. The van der Waals surface area contributed by atoms with Crippen molar-refractivity contribution in [2.75, 3.05) is 0 Å². The highest BCUT2D eigenvalue weighted by molar-refractivity contribution is 5.66. The smallest absolute Gasteiger partial charge is 0.302 e. The molecule has 0 spiro atoms. The predicted molar refractivity (Wildman–Crippen MR) is 92.5 cm³/mol. The zero-order chi connectivity index (χ0) is 17.4. The molecule has 1 aromatic carbocycles. The molecule has 1 atom stereocenters. The van der Waals surface area contributed by atoms with Gasteiger partial charge in [0.25, 0.3) is 0 Å². The molecule has 0 aliphatic heterocycles. The first-order valence-corrected chi connectivity index (χ1v) is 8.32. The van der Waals surface area contributed by atoms with E-state index in [0.29, 0.717) is 5.82 Å². The van der Waals surface area contributed by atoms with Gasteiger partial charge in [0.15, 0.2) is 11.6 Å². The molecule has 2 rings (SSSR count). The number of esters is 1. The van der Waals surface area contributed by atoms with Gasteiger partial charge in [-0.05, 0) is 38.2 Å². The van der Waals surface area contributed by atoms with E-state index in [4.69, 9.17) is 4.74 Å². The summed E-state index contributed by atoms with van der Waals surface area (Å²) in [7, 11) is 0. The second kappa shape index (κ2) is 9.01. The van der Waals surface area contributed by atoms with Gasteiger partial charge in [0.2, 0.25) is 0 Å². The minimum atomic E-state index is -0.208. The number of rotatable bonds is 8. The summed E-state index contributed by atoms with van der Waals surface area (Å²) >= 11 is 0. The Labute approximate surface area is 142 Å². The van der Waals surface area contributed by atoms with Gasteiger partial charge in [0.05, 0.1) is 18.5 Å². The Kier molecular flexibility index (Phi) is 6.73. The molecule has 128 valence electrons. The van der Waals surface area contributed by atoms with Gasteiger partial charge < -0.3 is 9.84 Å². The SMILES string of the molecule is CC(=O)OC(C)CCCCCc1ccc(-c2ncc(O)cn2)cc1. The van der Waals surface area contributed by atoms with E-state index in [0.717, 1.165) is 37.7 Å². The Morgan fingerprint density at radius 1 is 1.12 bits per heavy atom. The number of carbonyl (C=O) groups excluding carboxylic acids is 1. The van der Waals surface area contributed by atoms with Crippen molar-refractivity contribution in [3.05, 3.63) is 42.2 Å². The number of ether oxygens (including phenoxy) is 1. The van der Waals surface area contributed by atoms with E-state index in [2.05, 4.69) is 22.1 Å². The molecule has 1 heterocycles. The van der Waals surface area contributed by atoms with Crippen LogP contribution in [-0.4, -0.2) is 27.1 Å². The summed E-state index contributed by atoms with van der Waals surface area (Å²) in [4.78, 5) is 19.0. The number of aryl methyl sites for hydroxylation is 1. The van der Waals surface area contributed by atoms with Crippen LogP contribution in [0.25, 0.3) is 11.4 Å². The number of aromatic hydroxyl groups is 1. The molecule has 5 nitrogen and oxygen atoms in total. The third-order valence-electron chi connectivity index (χ3n) is 3.79. The van der Waals surface area contributed by atoms with E-state index in [1.165, 1.54) is 24.9 Å². The van der Waals surface area contributed by atoms with Gasteiger partial charge in [0, 0.05) is 12.5 Å². The summed E-state index contributed by atoms with van der Waals surface area (Å²) in [6.45, 7) is 3.38. The number of nitrogens with zero attached hydrogens (tertiary/aromatic N) is 2. The van der Waals surface area contributed by atoms with E-state index >= 15 is 0 Å². The average molecular weight is 328 g/mol. The molecule has 1 aromatic heterocycles. The van der Waals surface area contributed by atoms with E-state index < -0.39 is 0 Å². The normalized spacial score (nSPS) is 11.9. The predicted octanol–water partition coefficient (Wildman–Crippen LogP) is 3.90. The minimum absolute atomic E-state index is 0.00657. The maximum atomic E-state index is 10.8. The third kappa shape index (κ3) is 5.99. The molecule has 0 aliphatic rings. The van der Waals surface area contributed by atoms with Crippen molar-refractivity contribution < 1.29 is 14.6 Å². The van der Waals surface area contributed by atoms with Gasteiger partial charge >= 0.3 is 5.97 Å². The molecular weight excluding hydrogens is 304 g/mol. The number of hydrogen-bond donors (Lipinski definition) is 1. The first-order chi connectivity index (χ1) is 11.5. The van der Waals surface area contributed by atoms with Gasteiger partial charge in [-0.2, -0.15) is 0 Å². The lowest BCUT2D eigenvalue weighted by Crippen LogP contribution is -2.11. The number of aromatic nitrogens is 2. The molecule has 2 aromatic rings. The Hall–Kier alpha value is -2.43. The first kappa shape index (κ1) is 17.9. The van der Waals surface area contributed by atoms with Gasteiger partial charge in [-0.25, -0.2) is 9.97 Å². The lowest BCUT2D eigenvalue weighted by molar-refractivity contribution is -0.145. The van der Waals surface area contributed by atoms with Crippen molar-refractivity contribution in [2.45, 2.75) is 52.1 Å². The maximum absolute atomic E-state index is 10.8. The Balaban J connectivity index is 1.72. The van der Waals surface area contributed by atoms with Crippen LogP contribution in [0.5, 0.6) is 5.75 Å². The van der Waals surface area contributed by atoms with Crippen molar-refractivity contribution in [1.82, 2.24) is 9.97 Å². The Bertz CT molecular complexity index is 639. The molecule has 0 aliphatic carbocycles. The molecule has 0 fully saturated rings. The maximum Gasteiger partial charge on any atom is 0.302 e. The molecule has 5 heteroatoms. The van der Waals surface area contributed by atoms with Crippen molar-refractivity contribution in [2.24, 2.45) is 0 Å². The fourth-order valence-corrected chi connectivity index (χ4v) is 2.57. The lowest BCUT2D eigenvalue weighted by atomic mass is 10.0. The Morgan fingerprint density at radius 2 is 1.79 bits per heavy atom. The highest BCUT2D eigenvalue weighted by Crippen LogP contribution is 2.18. The van der Waals surface area contributed by atoms with Crippen LogP contribution in [0, 0.1) is 0 Å². The number of unbranched alkanes of at least 4 members (excludes halogenated alkanes) is 2. The quantitative estimate of drug-likeness (QED) is 0.587. The van der Waals surface area contributed by atoms with Gasteiger partial charge in [0.1, 0.15) is 0 Å². The van der Waals surface area contributed by atoms with Crippen molar-refractivity contribution in [3.8, 4) is 17.1 Å². The average Bonchev–Trinajstić information content (AvgIpc) is 2.55. The number of hydrogen-bond acceptors (Lipinski definition) is 5. The topological polar surface area (TPSA) is 72.3 Å². The molecule has 0 bridgehead atoms. The molecule has 0 amide bonds. The van der Waals surface area contributed by atoms with Crippen LogP contribution in [0.4, 0.5) is 0 Å². The van der Waals surface area contributed by atoms with E-state index in [1.54, 1.807) is 0 Å². The van der Waals surface area contributed by atoms with Crippen LogP contribution in [0.15, 0.2) is 36.7 Å². The summed E-state index contributed by atoms with van der Waals surface area (Å²) in [5, 5.41) is 9.22. The van der Waals surface area contributed by atoms with Crippen LogP contribution in [-0.2, 0) is 16.0 Å². The van der Waals surface area contributed by atoms with Crippen LogP contribution in [0.1, 0.15) is 45.1 Å². The third-order valence-corrected chi connectivity index (χ3v) is 3.79. The van der Waals surface area contributed by atoms with Crippen LogP contribution in [0.2, 0.25) is 0 Å². The fourth-order valence-electron chi connectivity index (χ4n) is 2.57. The minimum Gasteiger partial charge on any atom is -0.505 e. The van der Waals surface area contributed by atoms with E-state index in [9.17, 15) is 9.90 Å². The molecule has 1 unspecified atom stereocenters. The molecule has 0 saturated heterocycles. The van der Waals surface area contributed by atoms with Crippen LogP contribution in [0.3, 0.4) is 0 Å². The van der Waals surface area contributed by atoms with Crippen LogP contribution < -0.4 is 0 Å². The largest absolute Gasteiger partial charge is 0.505 e. The molecule has 24 heavy (non-hydrogen) atoms. The van der Waals surface area contributed by atoms with Gasteiger partial charge in [-0.15, -0.1) is 0 Å². The Morgan fingerprint density at radius 3 is 2.42 bits per heavy atom. The van der Waals surface area contributed by atoms with E-state index in [1.807, 2.05) is 19.1 Å². The summed E-state index contributed by atoms with van der Waals surface area (Å²) in [6, 6.07) is 8.19. The second-order valence-corrected chi connectivity index (χ2v) is 5.98. The summed E-state index contributed by atoms with van der Waals surface area (Å²) in [5.41, 5.74) is 2.22. The molecule has 1 N–H and O–H groups in total. The molecule has 0 radical (unpaired) electrons. The standard InChI is InChI=1S/C19H24N2O3/c1-14(24-15(2)22)6-4-3-5-7-16-8-10-17(11-9-16)19-20-12-18(23)13-21-19/h8-14,23H,3-7H2,1-2H3. The second-order valence-electron chi connectivity index (χ2n) is 5.98. The van der Waals surface area contributed by atoms with E-state index in [-0.39, 0.29) is 17.8 Å². The zero-order valence-electron chi connectivity index (χ0n) is 14.2. The van der Waals surface area contributed by atoms with Crippen molar-refractivity contribution in [1.29, 1.82) is 0 Å². The summed E-state index contributed by atoms with van der Waals surface area (Å²) in [6.07, 6.45) is 8.03. The number of benzene rings is 1. The zero-order valence-corrected chi connectivity index (χ0v) is 14.2. The first-order valence-electron chi connectivity index (χ1n) is 8.32. The van der Waals surface area contributed by atoms with Crippen molar-refractivity contribution >= 4 is 5.97 Å². The lowest BCUT2D eigenvalue weighted by Gasteiger charge is -2.11. The highest BCUT2D eigenvalue weighted by atomic mass is 16.5.